The van der Waals surface area contributed by atoms with Gasteiger partial charge in [0.05, 0.1) is 0 Å². The first kappa shape index (κ1) is 16.0. The van der Waals surface area contributed by atoms with E-state index in [1.807, 2.05) is 34.6 Å². The van der Waals surface area contributed by atoms with Gasteiger partial charge in [-0.25, -0.2) is 4.79 Å². The second-order valence-corrected chi connectivity index (χ2v) is 6.75. The highest BCUT2D eigenvalue weighted by Gasteiger charge is 2.29. The van der Waals surface area contributed by atoms with Crippen LogP contribution in [-0.2, 0) is 9.53 Å². The quantitative estimate of drug-likeness (QED) is 0.855. The van der Waals surface area contributed by atoms with Crippen molar-refractivity contribution in [2.24, 2.45) is 11.8 Å². The van der Waals surface area contributed by atoms with E-state index in [1.165, 1.54) is 0 Å². The molecule has 1 aliphatic rings. The normalized spacial score (nSPS) is 24.1. The van der Waals surface area contributed by atoms with Crippen molar-refractivity contribution in [1.82, 2.24) is 5.32 Å². The minimum absolute atomic E-state index is 0.111. The van der Waals surface area contributed by atoms with E-state index in [0.29, 0.717) is 5.78 Å². The number of ketones is 1. The molecule has 0 heterocycles. The van der Waals surface area contributed by atoms with E-state index in [-0.39, 0.29) is 24.0 Å². The maximum absolute atomic E-state index is 11.9. The summed E-state index contributed by atoms with van der Waals surface area (Å²) in [6, 6.07) is 0.145. The van der Waals surface area contributed by atoms with Gasteiger partial charge in [-0.2, -0.15) is 0 Å². The van der Waals surface area contributed by atoms with Crippen LogP contribution in [0.5, 0.6) is 0 Å². The van der Waals surface area contributed by atoms with Crippen molar-refractivity contribution in [3.8, 4) is 0 Å². The van der Waals surface area contributed by atoms with Gasteiger partial charge >= 0.3 is 6.09 Å². The van der Waals surface area contributed by atoms with Crippen molar-refractivity contribution >= 4 is 11.9 Å². The van der Waals surface area contributed by atoms with Crippen LogP contribution in [0.25, 0.3) is 0 Å². The average molecular weight is 269 g/mol. The molecule has 0 aromatic rings. The molecule has 0 aliphatic heterocycles. The molecule has 0 unspecified atom stereocenters. The van der Waals surface area contributed by atoms with Gasteiger partial charge in [-0.15, -0.1) is 0 Å². The predicted molar refractivity (Wildman–Crippen MR) is 75.0 cm³/mol. The molecule has 1 fully saturated rings. The van der Waals surface area contributed by atoms with Crippen molar-refractivity contribution < 1.29 is 14.3 Å². The van der Waals surface area contributed by atoms with Gasteiger partial charge in [0.2, 0.25) is 0 Å². The molecule has 0 atom stereocenters. The van der Waals surface area contributed by atoms with E-state index in [4.69, 9.17) is 4.74 Å². The molecule has 0 saturated heterocycles. The Bertz CT molecular complexity index is 323. The Kier molecular flexibility index (Phi) is 5.39. The summed E-state index contributed by atoms with van der Waals surface area (Å²) >= 11 is 0. The van der Waals surface area contributed by atoms with Gasteiger partial charge in [-0.1, -0.05) is 13.8 Å². The zero-order valence-corrected chi connectivity index (χ0v) is 12.8. The Morgan fingerprint density at radius 1 is 1.11 bits per heavy atom. The first-order valence-corrected chi connectivity index (χ1v) is 7.22. The second kappa shape index (κ2) is 6.40. The SMILES string of the molecule is CC(C)C(=O)[C@H]1CC[C@@H](NC(=O)OC(C)(C)C)CC1. The number of ether oxygens (including phenoxy) is 1. The molecule has 0 aromatic carbocycles. The lowest BCUT2D eigenvalue weighted by atomic mass is 9.80. The number of Topliss-reactive ketones (excluding diaryl/α,β-unsaturated/α-hetero) is 1. The van der Waals surface area contributed by atoms with Crippen molar-refractivity contribution in [3.63, 3.8) is 0 Å². The highest BCUT2D eigenvalue weighted by atomic mass is 16.6. The highest BCUT2D eigenvalue weighted by molar-refractivity contribution is 5.82. The zero-order chi connectivity index (χ0) is 14.6. The van der Waals surface area contributed by atoms with Crippen molar-refractivity contribution in [3.05, 3.63) is 0 Å². The largest absolute Gasteiger partial charge is 0.444 e. The van der Waals surface area contributed by atoms with E-state index in [9.17, 15) is 9.59 Å². The Morgan fingerprint density at radius 3 is 2.05 bits per heavy atom. The van der Waals surface area contributed by atoms with Gasteiger partial charge in [0.1, 0.15) is 11.4 Å². The number of hydrogen-bond acceptors (Lipinski definition) is 3. The summed E-state index contributed by atoms with van der Waals surface area (Å²) < 4.78 is 5.24. The highest BCUT2D eigenvalue weighted by Crippen LogP contribution is 2.27. The molecule has 19 heavy (non-hydrogen) atoms. The number of amides is 1. The summed E-state index contributed by atoms with van der Waals surface area (Å²) in [4.78, 5) is 23.6. The van der Waals surface area contributed by atoms with Crippen molar-refractivity contribution in [1.29, 1.82) is 0 Å². The molecule has 0 spiro atoms. The van der Waals surface area contributed by atoms with Gasteiger partial charge in [-0.05, 0) is 46.5 Å². The number of rotatable bonds is 3. The molecular weight excluding hydrogens is 242 g/mol. The van der Waals surface area contributed by atoms with E-state index in [1.54, 1.807) is 0 Å². The fourth-order valence-corrected chi connectivity index (χ4v) is 2.47. The maximum Gasteiger partial charge on any atom is 0.407 e. The number of carbonyl (C=O) groups is 2. The van der Waals surface area contributed by atoms with Crippen LogP contribution in [0.3, 0.4) is 0 Å². The third-order valence-corrected chi connectivity index (χ3v) is 3.42. The molecule has 1 amide bonds. The Morgan fingerprint density at radius 2 is 1.63 bits per heavy atom. The molecule has 0 radical (unpaired) electrons. The number of nitrogens with one attached hydrogen (secondary N) is 1. The third kappa shape index (κ3) is 5.62. The van der Waals surface area contributed by atoms with Crippen LogP contribution < -0.4 is 5.32 Å². The van der Waals surface area contributed by atoms with Gasteiger partial charge < -0.3 is 10.1 Å². The molecule has 4 heteroatoms. The Labute approximate surface area is 116 Å². The lowest BCUT2D eigenvalue weighted by molar-refractivity contribution is -0.126. The molecule has 4 nitrogen and oxygen atoms in total. The Balaban J connectivity index is 2.34. The Hall–Kier alpha value is -1.06. The molecule has 1 saturated carbocycles. The molecule has 1 N–H and O–H groups in total. The monoisotopic (exact) mass is 269 g/mol. The molecule has 0 bridgehead atoms. The van der Waals surface area contributed by atoms with Crippen molar-refractivity contribution in [2.45, 2.75) is 71.9 Å². The van der Waals surface area contributed by atoms with Crippen LogP contribution in [-0.4, -0.2) is 23.5 Å². The van der Waals surface area contributed by atoms with Crippen molar-refractivity contribution in [2.75, 3.05) is 0 Å². The van der Waals surface area contributed by atoms with E-state index in [0.717, 1.165) is 25.7 Å². The topological polar surface area (TPSA) is 55.4 Å². The van der Waals surface area contributed by atoms with Crippen LogP contribution in [0, 0.1) is 11.8 Å². The van der Waals surface area contributed by atoms with Crippen LogP contribution in [0.15, 0.2) is 0 Å². The summed E-state index contributed by atoms with van der Waals surface area (Å²) in [5.41, 5.74) is -0.463. The summed E-state index contributed by atoms with van der Waals surface area (Å²) in [6.45, 7) is 9.46. The number of carbonyl (C=O) groups excluding carboxylic acids is 2. The van der Waals surface area contributed by atoms with Crippen LogP contribution in [0.1, 0.15) is 60.3 Å². The van der Waals surface area contributed by atoms with E-state index < -0.39 is 5.60 Å². The molecule has 110 valence electrons. The first-order valence-electron chi connectivity index (χ1n) is 7.22. The van der Waals surface area contributed by atoms with E-state index >= 15 is 0 Å². The minimum Gasteiger partial charge on any atom is -0.444 e. The summed E-state index contributed by atoms with van der Waals surface area (Å²) in [5.74, 6) is 0.646. The molecule has 1 rings (SSSR count). The molecule has 1 aliphatic carbocycles. The van der Waals surface area contributed by atoms with Gasteiger partial charge in [0.15, 0.2) is 0 Å². The summed E-state index contributed by atoms with van der Waals surface area (Å²) in [5, 5.41) is 2.89. The zero-order valence-electron chi connectivity index (χ0n) is 12.8. The predicted octanol–water partition coefficient (Wildman–Crippen LogP) is 3.30. The molecular formula is C15H27NO3. The maximum atomic E-state index is 11.9. The van der Waals surface area contributed by atoms with Gasteiger partial charge in [0.25, 0.3) is 0 Å². The summed E-state index contributed by atoms with van der Waals surface area (Å²) in [6.07, 6.45) is 3.12. The third-order valence-electron chi connectivity index (χ3n) is 3.42. The van der Waals surface area contributed by atoms with Gasteiger partial charge in [0, 0.05) is 17.9 Å². The second-order valence-electron chi connectivity index (χ2n) is 6.75. The lowest BCUT2D eigenvalue weighted by Crippen LogP contribution is -2.41. The average Bonchev–Trinajstić information content (AvgIpc) is 2.26. The fourth-order valence-electron chi connectivity index (χ4n) is 2.47. The minimum atomic E-state index is -0.463. The number of hydrogen-bond donors (Lipinski definition) is 1. The molecule has 0 aromatic heterocycles. The van der Waals surface area contributed by atoms with Crippen LogP contribution in [0.4, 0.5) is 4.79 Å². The fraction of sp³-hybridized carbons (Fsp3) is 0.867. The number of alkyl carbamates (subject to hydrolysis) is 1. The van der Waals surface area contributed by atoms with Gasteiger partial charge in [-0.3, -0.25) is 4.79 Å². The van der Waals surface area contributed by atoms with Crippen LogP contribution >= 0.6 is 0 Å². The lowest BCUT2D eigenvalue weighted by Gasteiger charge is -2.30. The smallest absolute Gasteiger partial charge is 0.407 e. The standard InChI is InChI=1S/C15H27NO3/c1-10(2)13(17)11-6-8-12(9-7-11)16-14(18)19-15(3,4)5/h10-12H,6-9H2,1-5H3,(H,16,18)/t11-,12+. The first-order chi connectivity index (χ1) is 8.69. The van der Waals surface area contributed by atoms with E-state index in [2.05, 4.69) is 5.32 Å². The summed E-state index contributed by atoms with van der Waals surface area (Å²) in [7, 11) is 0. The van der Waals surface area contributed by atoms with Crippen LogP contribution in [0.2, 0.25) is 0 Å².